The Morgan fingerprint density at radius 1 is 1.20 bits per heavy atom. The van der Waals surface area contributed by atoms with Gasteiger partial charge in [0.15, 0.2) is 10.8 Å². The van der Waals surface area contributed by atoms with Crippen molar-refractivity contribution in [1.29, 1.82) is 0 Å². The summed E-state index contributed by atoms with van der Waals surface area (Å²) in [7, 11) is 0. The van der Waals surface area contributed by atoms with Crippen LogP contribution in [-0.2, 0) is 6.42 Å². The zero-order valence-electron chi connectivity index (χ0n) is 10.4. The molecule has 0 radical (unpaired) electrons. The fourth-order valence-corrected chi connectivity index (χ4v) is 3.40. The van der Waals surface area contributed by atoms with Crippen molar-refractivity contribution < 1.29 is 9.90 Å². The Hall–Kier alpha value is -1.98. The van der Waals surface area contributed by atoms with Gasteiger partial charge < -0.3 is 5.11 Å². The van der Waals surface area contributed by atoms with Crippen molar-refractivity contribution in [3.63, 3.8) is 0 Å². The number of aromatic nitrogens is 1. The molecule has 0 aliphatic carbocycles. The number of Topliss-reactive ketones (excluding diaryl/α,β-unsaturated/α-hetero) is 1. The maximum atomic E-state index is 12.2. The van der Waals surface area contributed by atoms with Crippen LogP contribution < -0.4 is 0 Å². The largest absolute Gasteiger partial charge is 0.508 e. The first-order chi connectivity index (χ1) is 9.72. The molecular weight excluding hydrogens is 290 g/mol. The van der Waals surface area contributed by atoms with Crippen LogP contribution in [0.25, 0.3) is 10.4 Å². The van der Waals surface area contributed by atoms with Gasteiger partial charge in [0.2, 0.25) is 0 Å². The number of aromatic hydroxyl groups is 1. The Morgan fingerprint density at radius 3 is 2.70 bits per heavy atom. The van der Waals surface area contributed by atoms with Crippen molar-refractivity contribution in [2.45, 2.75) is 6.42 Å². The number of benzene rings is 1. The molecule has 3 rings (SSSR count). The van der Waals surface area contributed by atoms with Crippen molar-refractivity contribution in [1.82, 2.24) is 4.98 Å². The molecule has 0 unspecified atom stereocenters. The molecule has 2 aromatic heterocycles. The third-order valence-electron chi connectivity index (χ3n) is 2.85. The Bertz CT molecular complexity index is 715. The number of hydrogen-bond donors (Lipinski definition) is 1. The van der Waals surface area contributed by atoms with Gasteiger partial charge in [-0.3, -0.25) is 4.79 Å². The van der Waals surface area contributed by atoms with Crippen LogP contribution in [0.3, 0.4) is 0 Å². The predicted octanol–water partition coefficient (Wildman–Crippen LogP) is 4.00. The average Bonchev–Trinajstić information content (AvgIpc) is 3.11. The highest BCUT2D eigenvalue weighted by Gasteiger charge is 2.13. The van der Waals surface area contributed by atoms with Crippen LogP contribution in [-0.4, -0.2) is 15.9 Å². The topological polar surface area (TPSA) is 50.2 Å². The summed E-state index contributed by atoms with van der Waals surface area (Å²) in [4.78, 5) is 17.4. The summed E-state index contributed by atoms with van der Waals surface area (Å²) in [5, 5.41) is 13.8. The molecule has 0 bridgehead atoms. The average molecular weight is 301 g/mol. The first-order valence-electron chi connectivity index (χ1n) is 6.02. The van der Waals surface area contributed by atoms with E-state index in [0.717, 1.165) is 16.0 Å². The smallest absolute Gasteiger partial charge is 0.195 e. The number of thiazole rings is 1. The first-order valence-corrected chi connectivity index (χ1v) is 7.78. The van der Waals surface area contributed by atoms with Crippen molar-refractivity contribution in [3.8, 4) is 16.2 Å². The van der Waals surface area contributed by atoms with E-state index in [2.05, 4.69) is 4.98 Å². The number of phenolic OH excluding ortho intramolecular Hbond substituents is 1. The highest BCUT2D eigenvalue weighted by Crippen LogP contribution is 2.28. The molecule has 0 fully saturated rings. The van der Waals surface area contributed by atoms with Gasteiger partial charge >= 0.3 is 0 Å². The summed E-state index contributed by atoms with van der Waals surface area (Å²) in [6.07, 6.45) is 2.05. The zero-order chi connectivity index (χ0) is 13.9. The van der Waals surface area contributed by atoms with Gasteiger partial charge in [0.1, 0.15) is 5.75 Å². The summed E-state index contributed by atoms with van der Waals surface area (Å²) in [6.45, 7) is 0. The highest BCUT2D eigenvalue weighted by molar-refractivity contribution is 7.17. The molecule has 0 aliphatic heterocycles. The fourth-order valence-electron chi connectivity index (χ4n) is 1.82. The lowest BCUT2D eigenvalue weighted by Crippen LogP contribution is -2.02. The summed E-state index contributed by atoms with van der Waals surface area (Å²) >= 11 is 3.04. The molecule has 3 nitrogen and oxygen atoms in total. The fraction of sp³-hybridized carbons (Fsp3) is 0.0667. The molecule has 0 amide bonds. The molecule has 100 valence electrons. The number of rotatable bonds is 4. The third-order valence-corrected chi connectivity index (χ3v) is 4.62. The molecule has 0 spiro atoms. The van der Waals surface area contributed by atoms with E-state index in [1.807, 2.05) is 16.8 Å². The molecule has 1 aromatic carbocycles. The minimum absolute atomic E-state index is 0.00201. The van der Waals surface area contributed by atoms with Gasteiger partial charge in [-0.15, -0.1) is 11.3 Å². The second kappa shape index (κ2) is 5.56. The monoisotopic (exact) mass is 301 g/mol. The Kier molecular flexibility index (Phi) is 3.62. The molecule has 0 atom stereocenters. The second-order valence-electron chi connectivity index (χ2n) is 4.31. The van der Waals surface area contributed by atoms with E-state index in [9.17, 15) is 9.90 Å². The van der Waals surface area contributed by atoms with Gasteiger partial charge in [-0.05, 0) is 34.5 Å². The van der Waals surface area contributed by atoms with Gasteiger partial charge in [0, 0.05) is 18.2 Å². The number of thiophene rings is 1. The maximum Gasteiger partial charge on any atom is 0.195 e. The van der Waals surface area contributed by atoms with E-state index in [1.54, 1.807) is 41.8 Å². The Labute approximate surface area is 124 Å². The molecule has 0 aliphatic rings. The Balaban J connectivity index is 1.76. The molecule has 2 heterocycles. The number of nitrogens with zero attached hydrogens (tertiary/aromatic N) is 1. The van der Waals surface area contributed by atoms with Crippen molar-refractivity contribution in [2.24, 2.45) is 0 Å². The van der Waals surface area contributed by atoms with Crippen LogP contribution in [0.15, 0.2) is 47.3 Å². The van der Waals surface area contributed by atoms with E-state index in [4.69, 9.17) is 0 Å². The van der Waals surface area contributed by atoms with E-state index in [-0.39, 0.29) is 11.5 Å². The second-order valence-corrected chi connectivity index (χ2v) is 6.12. The molecule has 1 N–H and O–H groups in total. The van der Waals surface area contributed by atoms with Crippen molar-refractivity contribution in [2.75, 3.05) is 0 Å². The molecule has 3 aromatic rings. The van der Waals surface area contributed by atoms with Gasteiger partial charge in [0.25, 0.3) is 0 Å². The number of carbonyl (C=O) groups excluding carboxylic acids is 1. The SMILES string of the molecule is O=C(Cc1ccc(O)cc1)c1ncc(-c2ccsc2)s1. The maximum absolute atomic E-state index is 12.2. The van der Waals surface area contributed by atoms with Crippen LogP contribution in [0.2, 0.25) is 0 Å². The van der Waals surface area contributed by atoms with E-state index in [1.165, 1.54) is 11.3 Å². The summed E-state index contributed by atoms with van der Waals surface area (Å²) in [6, 6.07) is 8.69. The number of carbonyl (C=O) groups is 1. The van der Waals surface area contributed by atoms with E-state index >= 15 is 0 Å². The predicted molar refractivity (Wildman–Crippen MR) is 81.6 cm³/mol. The summed E-state index contributed by atoms with van der Waals surface area (Å²) in [5.74, 6) is 0.206. The lowest BCUT2D eigenvalue weighted by molar-refractivity contribution is 0.0992. The van der Waals surface area contributed by atoms with Gasteiger partial charge in [-0.25, -0.2) is 4.98 Å². The van der Waals surface area contributed by atoms with Crippen LogP contribution in [0.4, 0.5) is 0 Å². The summed E-state index contributed by atoms with van der Waals surface area (Å²) in [5.41, 5.74) is 1.98. The minimum atomic E-state index is 0.00201. The molecule has 0 saturated carbocycles. The molecular formula is C15H11NO2S2. The van der Waals surface area contributed by atoms with Crippen LogP contribution in [0.5, 0.6) is 5.75 Å². The minimum Gasteiger partial charge on any atom is -0.508 e. The van der Waals surface area contributed by atoms with Crippen molar-refractivity contribution >= 4 is 28.5 Å². The third kappa shape index (κ3) is 2.79. The number of phenols is 1. The lowest BCUT2D eigenvalue weighted by Gasteiger charge is -1.98. The lowest BCUT2D eigenvalue weighted by atomic mass is 10.1. The van der Waals surface area contributed by atoms with E-state index in [0.29, 0.717) is 11.4 Å². The number of hydrogen-bond acceptors (Lipinski definition) is 5. The van der Waals surface area contributed by atoms with E-state index < -0.39 is 0 Å². The van der Waals surface area contributed by atoms with Crippen LogP contribution >= 0.6 is 22.7 Å². The summed E-state index contributed by atoms with van der Waals surface area (Å²) < 4.78 is 0. The highest BCUT2D eigenvalue weighted by atomic mass is 32.1. The standard InChI is InChI=1S/C15H11NO2S2/c17-12-3-1-10(2-4-12)7-13(18)15-16-8-14(20-15)11-5-6-19-9-11/h1-6,8-9,17H,7H2. The van der Waals surface area contributed by atoms with Gasteiger partial charge in [-0.2, -0.15) is 11.3 Å². The van der Waals surface area contributed by atoms with Crippen LogP contribution in [0, 0.1) is 0 Å². The van der Waals surface area contributed by atoms with Gasteiger partial charge in [0.05, 0.1) is 4.88 Å². The molecule has 5 heteroatoms. The molecule has 20 heavy (non-hydrogen) atoms. The normalized spacial score (nSPS) is 10.6. The van der Waals surface area contributed by atoms with Crippen molar-refractivity contribution in [3.05, 3.63) is 57.9 Å². The van der Waals surface area contributed by atoms with Crippen LogP contribution in [0.1, 0.15) is 15.4 Å². The van der Waals surface area contributed by atoms with Gasteiger partial charge in [-0.1, -0.05) is 12.1 Å². The number of ketones is 1. The first kappa shape index (κ1) is 13.0. The Morgan fingerprint density at radius 2 is 2.00 bits per heavy atom. The zero-order valence-corrected chi connectivity index (χ0v) is 12.1. The molecule has 0 saturated heterocycles. The quantitative estimate of drug-likeness (QED) is 0.741.